The minimum atomic E-state index is -0.856. The molecule has 0 aliphatic carbocycles. The molecule has 3 N–H and O–H groups in total. The first-order valence-electron chi connectivity index (χ1n) is 10.5. The molecular weight excluding hydrogens is 392 g/mol. The van der Waals surface area contributed by atoms with E-state index >= 15 is 0 Å². The lowest BCUT2D eigenvalue weighted by Crippen LogP contribution is -2.37. The van der Waals surface area contributed by atoms with Crippen molar-refractivity contribution in [3.8, 4) is 0 Å². The van der Waals surface area contributed by atoms with Gasteiger partial charge in [0.05, 0.1) is 12.1 Å². The Kier molecular flexibility index (Phi) is 5.75. The van der Waals surface area contributed by atoms with Gasteiger partial charge in [0.15, 0.2) is 0 Å². The molecule has 0 unspecified atom stereocenters. The van der Waals surface area contributed by atoms with Gasteiger partial charge in [0.25, 0.3) is 5.91 Å². The summed E-state index contributed by atoms with van der Waals surface area (Å²) in [5.41, 5.74) is 3.82. The monoisotopic (exact) mass is 418 g/mol. The van der Waals surface area contributed by atoms with Crippen LogP contribution in [-0.2, 0) is 16.0 Å². The Morgan fingerprint density at radius 1 is 1.10 bits per heavy atom. The molecule has 7 heteroatoms. The zero-order chi connectivity index (χ0) is 22.0. The normalized spacial score (nSPS) is 16.2. The first-order valence-corrected chi connectivity index (χ1v) is 10.5. The number of amides is 4. The Morgan fingerprint density at radius 2 is 1.84 bits per heavy atom. The van der Waals surface area contributed by atoms with Gasteiger partial charge in [-0.3, -0.25) is 9.59 Å². The minimum absolute atomic E-state index is 0.0843. The van der Waals surface area contributed by atoms with Gasteiger partial charge in [0, 0.05) is 23.6 Å². The number of anilines is 1. The number of aromatic amines is 1. The van der Waals surface area contributed by atoms with Crippen molar-refractivity contribution in [2.24, 2.45) is 0 Å². The lowest BCUT2D eigenvalue weighted by Gasteiger charge is -2.14. The molecule has 1 saturated heterocycles. The molecular formula is C24H26N4O3. The molecule has 0 spiro atoms. The molecule has 0 radical (unpaired) electrons. The molecule has 4 amide bonds. The second-order valence-electron chi connectivity index (χ2n) is 8.09. The lowest BCUT2D eigenvalue weighted by molar-refractivity contribution is -0.125. The van der Waals surface area contributed by atoms with Crippen molar-refractivity contribution >= 4 is 34.4 Å². The van der Waals surface area contributed by atoms with Crippen LogP contribution in [0, 0.1) is 0 Å². The van der Waals surface area contributed by atoms with Crippen LogP contribution in [0.2, 0.25) is 0 Å². The maximum Gasteiger partial charge on any atom is 0.329 e. The van der Waals surface area contributed by atoms with E-state index in [0.717, 1.165) is 26.9 Å². The van der Waals surface area contributed by atoms with Gasteiger partial charge in [-0.15, -0.1) is 0 Å². The summed E-state index contributed by atoms with van der Waals surface area (Å²) in [5, 5.41) is 6.60. The number of hydrogen-bond acceptors (Lipinski definition) is 3. The average Bonchev–Trinajstić information content (AvgIpc) is 3.28. The van der Waals surface area contributed by atoms with Crippen LogP contribution in [0.1, 0.15) is 37.3 Å². The molecule has 2 aromatic carbocycles. The number of nitrogens with one attached hydrogen (secondary N) is 3. The van der Waals surface area contributed by atoms with Crippen LogP contribution < -0.4 is 15.5 Å². The Balaban J connectivity index is 1.32. The number of nitrogens with zero attached hydrogens (tertiary/aromatic N) is 1. The number of fused-ring (bicyclic) bond motifs is 1. The van der Waals surface area contributed by atoms with Crippen LogP contribution in [0.3, 0.4) is 0 Å². The highest BCUT2D eigenvalue weighted by Gasteiger charge is 2.40. The molecule has 2 heterocycles. The van der Waals surface area contributed by atoms with Crippen molar-refractivity contribution in [3.63, 3.8) is 0 Å². The average molecular weight is 418 g/mol. The fourth-order valence-corrected chi connectivity index (χ4v) is 3.85. The summed E-state index contributed by atoms with van der Waals surface area (Å²) in [7, 11) is 0. The highest BCUT2D eigenvalue weighted by Crippen LogP contribution is 2.24. The van der Waals surface area contributed by atoms with Gasteiger partial charge in [0.1, 0.15) is 6.04 Å². The maximum absolute atomic E-state index is 12.7. The standard InChI is InChI=1S/C24H26N4O3/c1-15(2)16-7-9-18(10-8-16)28-23(30)21(27-24(28)31)13-22(29)25-12-11-17-14-26-20-6-4-3-5-19(17)20/h3-10,14-15,21,26H,11-13H2,1-2H3,(H,25,29)(H,27,31)/t21-/m1/s1. The molecule has 0 saturated carbocycles. The maximum atomic E-state index is 12.7. The van der Waals surface area contributed by atoms with Gasteiger partial charge in [-0.2, -0.15) is 0 Å². The molecule has 160 valence electrons. The van der Waals surface area contributed by atoms with Gasteiger partial charge in [0.2, 0.25) is 5.91 Å². The number of H-pyrrole nitrogens is 1. The molecule has 7 nitrogen and oxygen atoms in total. The van der Waals surface area contributed by atoms with Crippen molar-refractivity contribution in [2.45, 2.75) is 38.6 Å². The van der Waals surface area contributed by atoms with Crippen LogP contribution in [0.15, 0.2) is 54.7 Å². The van der Waals surface area contributed by atoms with E-state index < -0.39 is 18.0 Å². The fourth-order valence-electron chi connectivity index (χ4n) is 3.85. The molecule has 31 heavy (non-hydrogen) atoms. The van der Waals surface area contributed by atoms with E-state index in [1.54, 1.807) is 12.1 Å². The predicted molar refractivity (Wildman–Crippen MR) is 120 cm³/mol. The van der Waals surface area contributed by atoms with Gasteiger partial charge in [-0.05, 0) is 41.7 Å². The van der Waals surface area contributed by atoms with E-state index in [1.165, 1.54) is 0 Å². The minimum Gasteiger partial charge on any atom is -0.361 e. The summed E-state index contributed by atoms with van der Waals surface area (Å²) in [6.45, 7) is 4.61. The van der Waals surface area contributed by atoms with Crippen molar-refractivity contribution in [1.29, 1.82) is 0 Å². The summed E-state index contributed by atoms with van der Waals surface area (Å²) in [6.07, 6.45) is 2.54. The van der Waals surface area contributed by atoms with E-state index in [1.807, 2.05) is 42.6 Å². The van der Waals surface area contributed by atoms with Crippen molar-refractivity contribution in [3.05, 3.63) is 65.9 Å². The van der Waals surface area contributed by atoms with Crippen molar-refractivity contribution in [2.75, 3.05) is 11.4 Å². The predicted octanol–water partition coefficient (Wildman–Crippen LogP) is 3.47. The first kappa shape index (κ1) is 20.7. The number of imide groups is 1. The second-order valence-corrected chi connectivity index (χ2v) is 8.09. The van der Waals surface area contributed by atoms with Crippen molar-refractivity contribution < 1.29 is 14.4 Å². The Labute approximate surface area is 180 Å². The summed E-state index contributed by atoms with van der Waals surface area (Å²) in [5.74, 6) is -0.317. The lowest BCUT2D eigenvalue weighted by atomic mass is 10.0. The van der Waals surface area contributed by atoms with Crippen molar-refractivity contribution in [1.82, 2.24) is 15.6 Å². The highest BCUT2D eigenvalue weighted by molar-refractivity contribution is 6.22. The van der Waals surface area contributed by atoms with Crippen LogP contribution in [-0.4, -0.2) is 35.4 Å². The Morgan fingerprint density at radius 3 is 2.58 bits per heavy atom. The van der Waals surface area contributed by atoms with E-state index in [9.17, 15) is 14.4 Å². The summed E-state index contributed by atoms with van der Waals surface area (Å²) >= 11 is 0. The number of benzene rings is 2. The third-order valence-corrected chi connectivity index (χ3v) is 5.62. The zero-order valence-electron chi connectivity index (χ0n) is 17.6. The third-order valence-electron chi connectivity index (χ3n) is 5.62. The van der Waals surface area contributed by atoms with Gasteiger partial charge in [-0.25, -0.2) is 9.69 Å². The van der Waals surface area contributed by atoms with Gasteiger partial charge < -0.3 is 15.6 Å². The van der Waals surface area contributed by atoms with E-state index in [0.29, 0.717) is 24.6 Å². The van der Waals surface area contributed by atoms with E-state index in [2.05, 4.69) is 29.5 Å². The van der Waals surface area contributed by atoms with E-state index in [-0.39, 0.29) is 12.3 Å². The van der Waals surface area contributed by atoms with Crippen LogP contribution in [0.25, 0.3) is 10.9 Å². The molecule has 3 aromatic rings. The quantitative estimate of drug-likeness (QED) is 0.513. The molecule has 1 fully saturated rings. The summed E-state index contributed by atoms with van der Waals surface area (Å²) < 4.78 is 0. The van der Waals surface area contributed by atoms with Gasteiger partial charge >= 0.3 is 6.03 Å². The van der Waals surface area contributed by atoms with E-state index in [4.69, 9.17) is 0 Å². The number of aromatic nitrogens is 1. The summed E-state index contributed by atoms with van der Waals surface area (Å²) in [4.78, 5) is 41.8. The number of carbonyl (C=O) groups is 3. The number of carbonyl (C=O) groups excluding carboxylic acids is 3. The Hall–Kier alpha value is -3.61. The van der Waals surface area contributed by atoms with Crippen LogP contribution >= 0.6 is 0 Å². The largest absolute Gasteiger partial charge is 0.361 e. The zero-order valence-corrected chi connectivity index (χ0v) is 17.6. The second kappa shape index (κ2) is 8.63. The third kappa shape index (κ3) is 4.30. The smallest absolute Gasteiger partial charge is 0.329 e. The topological polar surface area (TPSA) is 94.3 Å². The fraction of sp³-hybridized carbons (Fsp3) is 0.292. The molecule has 4 rings (SSSR count). The Bertz CT molecular complexity index is 1120. The number of hydrogen-bond donors (Lipinski definition) is 3. The number of urea groups is 1. The molecule has 1 aliphatic rings. The molecule has 0 bridgehead atoms. The highest BCUT2D eigenvalue weighted by atomic mass is 16.2. The van der Waals surface area contributed by atoms with Gasteiger partial charge in [-0.1, -0.05) is 44.2 Å². The van der Waals surface area contributed by atoms with Crippen LogP contribution in [0.4, 0.5) is 10.5 Å². The van der Waals surface area contributed by atoms with Crippen LogP contribution in [0.5, 0.6) is 0 Å². The summed E-state index contributed by atoms with van der Waals surface area (Å²) in [6, 6.07) is 14.0. The molecule has 1 atom stereocenters. The number of rotatable bonds is 7. The first-order chi connectivity index (χ1) is 14.9. The SMILES string of the molecule is CC(C)c1ccc(N2C(=O)N[C@H](CC(=O)NCCc3c[nH]c4ccccc34)C2=O)cc1. The molecule has 1 aliphatic heterocycles. The molecule has 1 aromatic heterocycles. The number of para-hydroxylation sites is 1.